The van der Waals surface area contributed by atoms with Crippen molar-refractivity contribution >= 4 is 21.5 Å². The van der Waals surface area contributed by atoms with Gasteiger partial charge in [0, 0.05) is 0 Å². The quantitative estimate of drug-likeness (QED) is 0.326. The van der Waals surface area contributed by atoms with Crippen LogP contribution in [0.15, 0.2) is 59.5 Å². The Balaban J connectivity index is 0.000000400. The molecule has 1 N–H and O–H groups in total. The third-order valence-electron chi connectivity index (χ3n) is 2.40. The van der Waals surface area contributed by atoms with Gasteiger partial charge < -0.3 is 0 Å². The molecular weight excluding hydrogens is 459 g/mol. The summed E-state index contributed by atoms with van der Waals surface area (Å²) in [6.45, 7) is 0. The van der Waals surface area contributed by atoms with Crippen LogP contribution in [-0.2, 0) is 12.6 Å². The number of nitrogens with zero attached hydrogens (tertiary/aromatic N) is 2. The van der Waals surface area contributed by atoms with E-state index in [2.05, 4.69) is 2.51 Å². The third-order valence-corrected chi connectivity index (χ3v) is 5.41. The second-order valence-electron chi connectivity index (χ2n) is 3.91. The van der Waals surface area contributed by atoms with Crippen LogP contribution in [0.1, 0.15) is 0 Å². The van der Waals surface area contributed by atoms with Gasteiger partial charge in [0.15, 0.2) is 0 Å². The van der Waals surface area contributed by atoms with Crippen molar-refractivity contribution in [2.75, 3.05) is 0 Å². The van der Waals surface area contributed by atoms with Crippen LogP contribution in [0.5, 0.6) is 0 Å². The fourth-order valence-electron chi connectivity index (χ4n) is 1.43. The Morgan fingerprint density at radius 2 is 1.46 bits per heavy atom. The number of nitro benzene ring substituents is 2. The van der Waals surface area contributed by atoms with Crippen LogP contribution in [0.25, 0.3) is 0 Å². The SMILES string of the molecule is O=[N+]([O-])c1ccc(S(=O)(=O)O[I-]O)c([N+](=O)[O-])c1.c1ccccc1. The van der Waals surface area contributed by atoms with Crippen LogP contribution in [0.4, 0.5) is 11.4 Å². The Labute approximate surface area is 147 Å². The molecule has 0 amide bonds. The molecule has 2 aromatic rings. The summed E-state index contributed by atoms with van der Waals surface area (Å²) in [5, 5.41) is 21.1. The largest absolute Gasteiger partial charge is 0.0623 e. The van der Waals surface area contributed by atoms with E-state index in [1.807, 2.05) is 36.4 Å². The molecule has 0 spiro atoms. The molecule has 0 bridgehead atoms. The zero-order chi connectivity index (χ0) is 18.2. The Morgan fingerprint density at radius 1 is 0.958 bits per heavy atom. The average Bonchev–Trinajstić information content (AvgIpc) is 2.56. The van der Waals surface area contributed by atoms with E-state index in [1.54, 1.807) is 0 Å². The normalized spacial score (nSPS) is 10.5. The van der Waals surface area contributed by atoms with Gasteiger partial charge in [0.05, 0.1) is 0 Å². The first-order valence-electron chi connectivity index (χ1n) is 5.94. The van der Waals surface area contributed by atoms with Gasteiger partial charge in [0.25, 0.3) is 0 Å². The van der Waals surface area contributed by atoms with Crippen LogP contribution in [0.3, 0.4) is 0 Å². The maximum Gasteiger partial charge on any atom is -0.0623 e. The molecule has 24 heavy (non-hydrogen) atoms. The molecule has 0 aromatic heterocycles. The first-order chi connectivity index (χ1) is 11.3. The molecule has 0 heterocycles. The minimum atomic E-state index is -4.49. The van der Waals surface area contributed by atoms with Gasteiger partial charge in [-0.3, -0.25) is 0 Å². The summed E-state index contributed by atoms with van der Waals surface area (Å²) in [5.74, 6) is 0. The smallest absolute Gasteiger partial charge is 0.0623 e. The number of benzene rings is 2. The molecule has 0 saturated heterocycles. The van der Waals surface area contributed by atoms with Crippen LogP contribution in [0, 0.1) is 20.2 Å². The molecular formula is C12H10IN2O8S-. The molecule has 0 atom stereocenters. The van der Waals surface area contributed by atoms with Crippen molar-refractivity contribution in [1.29, 1.82) is 0 Å². The van der Waals surface area contributed by atoms with Gasteiger partial charge >= 0.3 is 111 Å². The summed E-state index contributed by atoms with van der Waals surface area (Å²) in [7, 11) is -4.49. The van der Waals surface area contributed by atoms with Gasteiger partial charge in [-0.1, -0.05) is 36.4 Å². The number of hydrogen-bond acceptors (Lipinski definition) is 8. The molecule has 0 fully saturated rings. The molecule has 0 radical (unpaired) electrons. The van der Waals surface area contributed by atoms with Crippen LogP contribution >= 0.6 is 0 Å². The van der Waals surface area contributed by atoms with E-state index in [1.165, 1.54) is 0 Å². The van der Waals surface area contributed by atoms with E-state index in [9.17, 15) is 28.6 Å². The Bertz CT molecular complexity index is 786. The molecule has 0 saturated carbocycles. The molecule has 0 aliphatic rings. The predicted octanol–water partition coefficient (Wildman–Crippen LogP) is -1.19. The summed E-state index contributed by atoms with van der Waals surface area (Å²) in [6.07, 6.45) is 0. The van der Waals surface area contributed by atoms with Crippen molar-refractivity contribution in [2.24, 2.45) is 0 Å². The maximum atomic E-state index is 11.4. The zero-order valence-corrected chi connectivity index (χ0v) is 14.7. The van der Waals surface area contributed by atoms with Crippen LogP contribution in [-0.4, -0.2) is 21.7 Å². The van der Waals surface area contributed by atoms with Gasteiger partial charge in [-0.2, -0.15) is 0 Å². The minimum absolute atomic E-state index is 0.506. The fraction of sp³-hybridized carbons (Fsp3) is 0. The summed E-state index contributed by atoms with van der Waals surface area (Å²) in [6, 6.07) is 14.0. The Hall–Kier alpha value is -2.16. The van der Waals surface area contributed by atoms with Crippen LogP contribution in [0.2, 0.25) is 0 Å². The third kappa shape index (κ3) is 5.80. The number of nitro groups is 2. The predicted molar refractivity (Wildman–Crippen MR) is 76.7 cm³/mol. The van der Waals surface area contributed by atoms with Crippen LogP contribution < -0.4 is 22.0 Å². The summed E-state index contributed by atoms with van der Waals surface area (Å²) >= 11 is -2.11. The molecule has 0 unspecified atom stereocenters. The number of rotatable bonds is 5. The van der Waals surface area contributed by atoms with E-state index >= 15 is 0 Å². The van der Waals surface area contributed by atoms with E-state index in [4.69, 9.17) is 3.44 Å². The van der Waals surface area contributed by atoms with Crippen molar-refractivity contribution < 1.29 is 46.2 Å². The van der Waals surface area contributed by atoms with Crippen molar-refractivity contribution in [2.45, 2.75) is 4.90 Å². The Kier molecular flexibility index (Phi) is 7.63. The average molecular weight is 469 g/mol. The van der Waals surface area contributed by atoms with E-state index in [-0.39, 0.29) is 0 Å². The molecule has 12 heteroatoms. The monoisotopic (exact) mass is 469 g/mol. The van der Waals surface area contributed by atoms with E-state index in [0.29, 0.717) is 12.1 Å². The van der Waals surface area contributed by atoms with Gasteiger partial charge in [-0.15, -0.1) is 0 Å². The van der Waals surface area contributed by atoms with E-state index in [0.717, 1.165) is 6.07 Å². The topological polar surface area (TPSA) is 150 Å². The summed E-state index contributed by atoms with van der Waals surface area (Å²) in [5.41, 5.74) is -1.61. The van der Waals surface area contributed by atoms with Crippen molar-refractivity contribution in [3.63, 3.8) is 0 Å². The summed E-state index contributed by atoms with van der Waals surface area (Å²) in [4.78, 5) is 18.3. The second kappa shape index (κ2) is 9.21. The van der Waals surface area contributed by atoms with Gasteiger partial charge in [0.1, 0.15) is 0 Å². The van der Waals surface area contributed by atoms with Gasteiger partial charge in [-0.25, -0.2) is 0 Å². The fourth-order valence-corrected chi connectivity index (χ4v) is 3.41. The Morgan fingerprint density at radius 3 is 1.83 bits per heavy atom. The number of halogens is 1. The molecule has 2 aromatic carbocycles. The number of non-ortho nitro benzene ring substituents is 1. The standard InChI is InChI=1S/C6H4IN2O8S.C6H6/c10-7-17-18(15,16)6-2-1-4(8(11)12)3-5(6)9(13)14;1-2-4-6-5-3-1/h1-3,10H;1-6H/q-1;. The first kappa shape index (κ1) is 19.9. The van der Waals surface area contributed by atoms with Gasteiger partial charge in [0.2, 0.25) is 0 Å². The molecule has 0 aliphatic carbocycles. The minimum Gasteiger partial charge on any atom is -0.0623 e. The molecule has 2 rings (SSSR count). The first-order valence-corrected chi connectivity index (χ1v) is 9.20. The van der Waals surface area contributed by atoms with Crippen molar-refractivity contribution in [3.8, 4) is 0 Å². The maximum absolute atomic E-state index is 11.4. The van der Waals surface area contributed by atoms with Crippen molar-refractivity contribution in [3.05, 3.63) is 74.8 Å². The molecule has 130 valence electrons. The van der Waals surface area contributed by atoms with E-state index < -0.39 is 58.3 Å². The second-order valence-corrected chi connectivity index (χ2v) is 6.85. The van der Waals surface area contributed by atoms with Crippen molar-refractivity contribution in [1.82, 2.24) is 0 Å². The summed E-state index contributed by atoms with van der Waals surface area (Å²) < 4.78 is 35.4. The molecule has 10 nitrogen and oxygen atoms in total. The zero-order valence-electron chi connectivity index (χ0n) is 11.7. The van der Waals surface area contributed by atoms with Gasteiger partial charge in [-0.05, 0) is 0 Å². The molecule has 0 aliphatic heterocycles. The number of hydrogen-bond donors (Lipinski definition) is 1.